The third kappa shape index (κ3) is 5.76. The van der Waals surface area contributed by atoms with E-state index in [1.165, 1.54) is 18.0 Å². The number of ether oxygens (including phenoxy) is 2. The molecule has 180 valence electrons. The predicted octanol–water partition coefficient (Wildman–Crippen LogP) is -1.26. The van der Waals surface area contributed by atoms with Gasteiger partial charge in [-0.05, 0) is 0 Å². The summed E-state index contributed by atoms with van der Waals surface area (Å²) in [7, 11) is -15.4. The lowest BCUT2D eigenvalue weighted by atomic mass is 10.1. The van der Waals surface area contributed by atoms with Gasteiger partial charge >= 0.3 is 23.5 Å². The van der Waals surface area contributed by atoms with E-state index in [0.29, 0.717) is 0 Å². The summed E-state index contributed by atoms with van der Waals surface area (Å²) in [5.41, 5.74) is -0.482. The van der Waals surface area contributed by atoms with Gasteiger partial charge in [0.05, 0.1) is 19.3 Å². The Morgan fingerprint density at radius 2 is 1.84 bits per heavy atom. The summed E-state index contributed by atoms with van der Waals surface area (Å²) in [6.07, 6.45) is -2.75. The van der Waals surface area contributed by atoms with Crippen LogP contribution in [0.15, 0.2) is 17.4 Å². The topological polar surface area (TPSA) is 262 Å². The molecule has 18 nitrogen and oxygen atoms in total. The van der Waals surface area contributed by atoms with Crippen LogP contribution in [0.1, 0.15) is 6.23 Å². The fourth-order valence-corrected chi connectivity index (χ4v) is 5.88. The summed E-state index contributed by atoms with van der Waals surface area (Å²) in [5, 5.41) is 10.4. The molecule has 3 rings (SSSR count). The maximum absolute atomic E-state index is 11.9. The number of aromatic nitrogens is 4. The van der Waals surface area contributed by atoms with Crippen LogP contribution in [0.2, 0.25) is 0 Å². The maximum Gasteiger partial charge on any atom is 0.490 e. The van der Waals surface area contributed by atoms with Gasteiger partial charge in [0.2, 0.25) is 0 Å². The van der Waals surface area contributed by atoms with Gasteiger partial charge in [0.15, 0.2) is 17.4 Å². The molecule has 2 aromatic rings. The zero-order chi connectivity index (χ0) is 23.9. The number of phosphoric acid groups is 3. The molecule has 21 heteroatoms. The van der Waals surface area contributed by atoms with Gasteiger partial charge in [0.25, 0.3) is 5.56 Å². The quantitative estimate of drug-likeness (QED) is 0.210. The van der Waals surface area contributed by atoms with Crippen molar-refractivity contribution in [3.63, 3.8) is 0 Å². The van der Waals surface area contributed by atoms with E-state index in [9.17, 15) is 28.5 Å². The molecule has 6 unspecified atom stereocenters. The van der Waals surface area contributed by atoms with Gasteiger partial charge in [0.1, 0.15) is 18.3 Å². The largest absolute Gasteiger partial charge is 0.490 e. The molecule has 1 aliphatic rings. The molecule has 0 aromatic carbocycles. The van der Waals surface area contributed by atoms with Crippen LogP contribution in [0.3, 0.4) is 0 Å². The average Bonchev–Trinajstić information content (AvgIpc) is 3.18. The van der Waals surface area contributed by atoms with Gasteiger partial charge in [-0.25, -0.2) is 23.7 Å². The smallest absolute Gasteiger partial charge is 0.387 e. The fourth-order valence-electron chi connectivity index (χ4n) is 2.86. The molecule has 2 aromatic heterocycles. The Morgan fingerprint density at radius 3 is 2.47 bits per heavy atom. The van der Waals surface area contributed by atoms with Crippen molar-refractivity contribution in [1.29, 1.82) is 0 Å². The van der Waals surface area contributed by atoms with Crippen molar-refractivity contribution in [3.8, 4) is 0 Å². The van der Waals surface area contributed by atoms with E-state index in [-0.39, 0.29) is 11.2 Å². The van der Waals surface area contributed by atoms with Crippen LogP contribution in [0.25, 0.3) is 11.2 Å². The minimum absolute atomic E-state index is 0.0304. The highest BCUT2D eigenvalue weighted by Crippen LogP contribution is 2.66. The average molecular weight is 522 g/mol. The SMILES string of the molecule is COC1C(O)C(COP(=O)(O)OP(=O)(O)OP(=O)(O)O)OC1n1cnc2c(=O)[nH]cnc21. The maximum atomic E-state index is 11.9. The van der Waals surface area contributed by atoms with Crippen molar-refractivity contribution in [1.82, 2.24) is 19.5 Å². The predicted molar refractivity (Wildman–Crippen MR) is 98.7 cm³/mol. The standard InChI is InChI=1S/C11H17N4O14P3/c1-25-8-7(16)5(2-26-31(21,22)29-32(23,24)28-30(18,19)20)27-11(8)15-4-14-6-9(15)12-3-13-10(6)17/h3-5,7-8,11,16H,2H2,1H3,(H,21,22)(H,23,24)(H,12,13,17)(H2,18,19,20). The highest BCUT2D eigenvalue weighted by molar-refractivity contribution is 7.66. The third-order valence-electron chi connectivity index (χ3n) is 4.04. The Kier molecular flexibility index (Phi) is 7.20. The second-order valence-corrected chi connectivity index (χ2v) is 10.6. The molecule has 0 spiro atoms. The highest BCUT2D eigenvalue weighted by atomic mass is 31.3. The summed E-state index contributed by atoms with van der Waals surface area (Å²) < 4.78 is 57.6. The Morgan fingerprint density at radius 1 is 1.16 bits per heavy atom. The number of nitrogens with zero attached hydrogens (tertiary/aromatic N) is 3. The second kappa shape index (κ2) is 9.12. The number of hydrogen-bond donors (Lipinski definition) is 6. The van der Waals surface area contributed by atoms with Crippen molar-refractivity contribution >= 4 is 34.6 Å². The molecule has 1 saturated heterocycles. The lowest BCUT2D eigenvalue weighted by Gasteiger charge is -2.19. The second-order valence-electron chi connectivity index (χ2n) is 6.20. The number of fused-ring (bicyclic) bond motifs is 1. The van der Waals surface area contributed by atoms with Crippen LogP contribution in [0.5, 0.6) is 0 Å². The molecular formula is C11H17N4O14P3. The summed E-state index contributed by atoms with van der Waals surface area (Å²) in [6, 6.07) is 0. The molecule has 32 heavy (non-hydrogen) atoms. The molecule has 1 fully saturated rings. The third-order valence-corrected chi connectivity index (χ3v) is 7.84. The number of aliphatic hydroxyl groups excluding tert-OH is 1. The summed E-state index contributed by atoms with van der Waals surface area (Å²) >= 11 is 0. The van der Waals surface area contributed by atoms with E-state index in [1.54, 1.807) is 0 Å². The zero-order valence-electron chi connectivity index (χ0n) is 15.8. The Hall–Kier alpha value is -1.36. The molecule has 0 aliphatic carbocycles. The monoisotopic (exact) mass is 522 g/mol. The zero-order valence-corrected chi connectivity index (χ0v) is 18.4. The number of imidazole rings is 1. The minimum atomic E-state index is -5.70. The Labute approximate surface area is 177 Å². The van der Waals surface area contributed by atoms with Gasteiger partial charge < -0.3 is 39.1 Å². The van der Waals surface area contributed by atoms with Gasteiger partial charge in [-0.3, -0.25) is 13.9 Å². The Balaban J connectivity index is 1.73. The number of nitrogens with one attached hydrogen (secondary N) is 1. The van der Waals surface area contributed by atoms with Crippen molar-refractivity contribution in [3.05, 3.63) is 23.0 Å². The molecule has 0 bridgehead atoms. The van der Waals surface area contributed by atoms with Crippen LogP contribution in [-0.2, 0) is 36.3 Å². The molecule has 1 aliphatic heterocycles. The number of rotatable bonds is 9. The van der Waals surface area contributed by atoms with E-state index in [2.05, 4.69) is 28.1 Å². The number of aromatic amines is 1. The van der Waals surface area contributed by atoms with Crippen molar-refractivity contribution in [2.75, 3.05) is 13.7 Å². The lowest BCUT2D eigenvalue weighted by Crippen LogP contribution is -2.35. The van der Waals surface area contributed by atoms with Crippen molar-refractivity contribution < 1.29 is 61.0 Å². The first-order valence-corrected chi connectivity index (χ1v) is 12.8. The molecule has 0 radical (unpaired) electrons. The number of aliphatic hydroxyl groups is 1. The van der Waals surface area contributed by atoms with Crippen LogP contribution >= 0.6 is 23.5 Å². The first kappa shape index (κ1) is 25.3. The van der Waals surface area contributed by atoms with Crippen LogP contribution < -0.4 is 5.56 Å². The van der Waals surface area contributed by atoms with Crippen LogP contribution in [-0.4, -0.2) is 76.2 Å². The first-order chi connectivity index (χ1) is 14.7. The summed E-state index contributed by atoms with van der Waals surface area (Å²) in [4.78, 5) is 57.8. The van der Waals surface area contributed by atoms with Crippen LogP contribution in [0.4, 0.5) is 0 Å². The normalized spacial score (nSPS) is 27.9. The fraction of sp³-hybridized carbons (Fsp3) is 0.545. The van der Waals surface area contributed by atoms with E-state index < -0.39 is 60.2 Å². The molecule has 0 amide bonds. The van der Waals surface area contributed by atoms with E-state index in [1.807, 2.05) is 0 Å². The van der Waals surface area contributed by atoms with Gasteiger partial charge in [-0.1, -0.05) is 0 Å². The number of phosphoric ester groups is 1. The van der Waals surface area contributed by atoms with Crippen molar-refractivity contribution in [2.24, 2.45) is 0 Å². The highest BCUT2D eigenvalue weighted by Gasteiger charge is 2.47. The molecule has 6 N–H and O–H groups in total. The lowest BCUT2D eigenvalue weighted by molar-refractivity contribution is -0.0577. The number of hydrogen-bond acceptors (Lipinski definition) is 12. The molecule has 3 heterocycles. The first-order valence-electron chi connectivity index (χ1n) is 8.28. The van der Waals surface area contributed by atoms with E-state index in [0.717, 1.165) is 6.33 Å². The van der Waals surface area contributed by atoms with Crippen LogP contribution in [0, 0.1) is 0 Å². The van der Waals surface area contributed by atoms with Crippen molar-refractivity contribution in [2.45, 2.75) is 24.5 Å². The van der Waals surface area contributed by atoms with Gasteiger partial charge in [0, 0.05) is 7.11 Å². The number of H-pyrrole nitrogens is 1. The minimum Gasteiger partial charge on any atom is -0.387 e. The molecular weight excluding hydrogens is 505 g/mol. The molecule has 0 saturated carbocycles. The summed E-state index contributed by atoms with van der Waals surface area (Å²) in [6.45, 7) is -0.901. The van der Waals surface area contributed by atoms with E-state index >= 15 is 0 Å². The summed E-state index contributed by atoms with van der Waals surface area (Å²) in [5.74, 6) is 0. The Bertz CT molecular complexity index is 1180. The molecule has 6 atom stereocenters. The van der Waals surface area contributed by atoms with Gasteiger partial charge in [-0.15, -0.1) is 0 Å². The number of methoxy groups -OCH3 is 1. The van der Waals surface area contributed by atoms with E-state index in [4.69, 9.17) is 24.2 Å². The van der Waals surface area contributed by atoms with Gasteiger partial charge in [-0.2, -0.15) is 8.62 Å².